The summed E-state index contributed by atoms with van der Waals surface area (Å²) in [6.07, 6.45) is 0. The van der Waals surface area contributed by atoms with Gasteiger partial charge in [-0.05, 0) is 55.8 Å². The number of anilines is 1. The Labute approximate surface area is 145 Å². The van der Waals surface area contributed by atoms with Gasteiger partial charge in [0.1, 0.15) is 5.75 Å². The highest BCUT2D eigenvalue weighted by molar-refractivity contribution is 6.31. The van der Waals surface area contributed by atoms with Crippen LogP contribution >= 0.6 is 11.6 Å². The lowest BCUT2D eigenvalue weighted by atomic mass is 10.2. The van der Waals surface area contributed by atoms with Gasteiger partial charge in [0.25, 0.3) is 0 Å². The number of halogens is 1. The fourth-order valence-corrected chi connectivity index (χ4v) is 2.37. The summed E-state index contributed by atoms with van der Waals surface area (Å²) in [5, 5.41) is 7.95. The highest BCUT2D eigenvalue weighted by Crippen LogP contribution is 2.22. The Hall–Kier alpha value is -2.53. The van der Waals surface area contributed by atoms with Crippen molar-refractivity contribution in [2.45, 2.75) is 20.4 Å². The van der Waals surface area contributed by atoms with Crippen LogP contribution in [0.1, 0.15) is 18.4 Å². The molecule has 0 aliphatic heterocycles. The summed E-state index contributed by atoms with van der Waals surface area (Å²) in [6.45, 7) is 4.99. The van der Waals surface area contributed by atoms with Gasteiger partial charge in [-0.25, -0.2) is 0 Å². The van der Waals surface area contributed by atoms with Crippen LogP contribution in [0.5, 0.6) is 5.75 Å². The standard InChI is InChI=1S/C18H18ClN3O2/c1-3-23-15-8-5-13(6-9-15)18-21-17(24-22-18)11-20-14-7-4-12(2)16(19)10-14/h4-10,20H,3,11H2,1-2H3. The summed E-state index contributed by atoms with van der Waals surface area (Å²) >= 11 is 6.11. The van der Waals surface area contributed by atoms with Crippen molar-refractivity contribution in [3.63, 3.8) is 0 Å². The first-order valence-electron chi connectivity index (χ1n) is 7.71. The summed E-state index contributed by atoms with van der Waals surface area (Å²) in [6, 6.07) is 13.4. The molecule has 124 valence electrons. The number of nitrogens with zero attached hydrogens (tertiary/aromatic N) is 2. The van der Waals surface area contributed by atoms with Crippen LogP contribution in [-0.2, 0) is 6.54 Å². The minimum absolute atomic E-state index is 0.434. The molecule has 0 aliphatic rings. The van der Waals surface area contributed by atoms with Gasteiger partial charge < -0.3 is 14.6 Å². The molecule has 0 bridgehead atoms. The van der Waals surface area contributed by atoms with E-state index in [-0.39, 0.29) is 0 Å². The van der Waals surface area contributed by atoms with Crippen LogP contribution in [0.3, 0.4) is 0 Å². The van der Waals surface area contributed by atoms with E-state index >= 15 is 0 Å². The Morgan fingerprint density at radius 3 is 2.67 bits per heavy atom. The van der Waals surface area contributed by atoms with Gasteiger partial charge in [-0.1, -0.05) is 22.8 Å². The molecule has 6 heteroatoms. The normalized spacial score (nSPS) is 10.6. The van der Waals surface area contributed by atoms with E-state index in [1.807, 2.05) is 56.3 Å². The fourth-order valence-electron chi connectivity index (χ4n) is 2.19. The molecule has 3 aromatic rings. The van der Waals surface area contributed by atoms with Crippen LogP contribution in [0.25, 0.3) is 11.4 Å². The van der Waals surface area contributed by atoms with Crippen LogP contribution in [0.2, 0.25) is 5.02 Å². The number of benzene rings is 2. The molecule has 0 radical (unpaired) electrons. The molecule has 0 saturated heterocycles. The first kappa shape index (κ1) is 16.3. The number of aryl methyl sites for hydroxylation is 1. The summed E-state index contributed by atoms with van der Waals surface area (Å²) in [7, 11) is 0. The number of ether oxygens (including phenoxy) is 1. The Kier molecular flexibility index (Phi) is 5.01. The lowest BCUT2D eigenvalue weighted by Gasteiger charge is -2.05. The Morgan fingerprint density at radius 2 is 1.96 bits per heavy atom. The second-order valence-corrected chi connectivity index (χ2v) is 5.69. The van der Waals surface area contributed by atoms with Crippen molar-refractivity contribution in [3.05, 3.63) is 58.9 Å². The summed E-state index contributed by atoms with van der Waals surface area (Å²) in [5.41, 5.74) is 2.83. The van der Waals surface area contributed by atoms with Crippen LogP contribution in [0.4, 0.5) is 5.69 Å². The van der Waals surface area contributed by atoms with E-state index in [2.05, 4.69) is 15.5 Å². The predicted molar refractivity (Wildman–Crippen MR) is 94.4 cm³/mol. The molecule has 0 saturated carbocycles. The highest BCUT2D eigenvalue weighted by Gasteiger charge is 2.09. The molecule has 1 aromatic heterocycles. The first-order valence-corrected chi connectivity index (χ1v) is 8.09. The molecule has 1 heterocycles. The maximum absolute atomic E-state index is 6.11. The average Bonchev–Trinajstić information content (AvgIpc) is 3.06. The lowest BCUT2D eigenvalue weighted by molar-refractivity contribution is 0.340. The zero-order chi connectivity index (χ0) is 16.9. The second-order valence-electron chi connectivity index (χ2n) is 5.29. The third-order valence-electron chi connectivity index (χ3n) is 3.51. The van der Waals surface area contributed by atoms with Crippen LogP contribution in [0, 0.1) is 6.92 Å². The van der Waals surface area contributed by atoms with Crippen molar-refractivity contribution in [3.8, 4) is 17.1 Å². The first-order chi connectivity index (χ1) is 11.7. The molecule has 2 aromatic carbocycles. The van der Waals surface area contributed by atoms with E-state index in [1.165, 1.54) is 0 Å². The van der Waals surface area contributed by atoms with E-state index in [9.17, 15) is 0 Å². The molecule has 5 nitrogen and oxygen atoms in total. The van der Waals surface area contributed by atoms with E-state index in [0.29, 0.717) is 24.9 Å². The van der Waals surface area contributed by atoms with Gasteiger partial charge in [0.2, 0.25) is 11.7 Å². The van der Waals surface area contributed by atoms with Crippen LogP contribution in [0.15, 0.2) is 47.0 Å². The lowest BCUT2D eigenvalue weighted by Crippen LogP contribution is -1.99. The van der Waals surface area contributed by atoms with E-state index < -0.39 is 0 Å². The Morgan fingerprint density at radius 1 is 1.17 bits per heavy atom. The predicted octanol–water partition coefficient (Wildman–Crippen LogP) is 4.71. The second kappa shape index (κ2) is 7.36. The highest BCUT2D eigenvalue weighted by atomic mass is 35.5. The number of rotatable bonds is 6. The molecule has 0 atom stereocenters. The molecular weight excluding hydrogens is 326 g/mol. The zero-order valence-electron chi connectivity index (χ0n) is 13.5. The van der Waals surface area contributed by atoms with E-state index in [0.717, 1.165) is 27.6 Å². The van der Waals surface area contributed by atoms with Crippen LogP contribution in [-0.4, -0.2) is 16.7 Å². The smallest absolute Gasteiger partial charge is 0.246 e. The third kappa shape index (κ3) is 3.86. The SMILES string of the molecule is CCOc1ccc(-c2noc(CNc3ccc(C)c(Cl)c3)n2)cc1. The average molecular weight is 344 g/mol. The number of hydrogen-bond donors (Lipinski definition) is 1. The monoisotopic (exact) mass is 343 g/mol. The van der Waals surface area contributed by atoms with Gasteiger partial charge in [-0.3, -0.25) is 0 Å². The van der Waals surface area contributed by atoms with Crippen LogP contribution < -0.4 is 10.1 Å². The third-order valence-corrected chi connectivity index (χ3v) is 3.91. The summed E-state index contributed by atoms with van der Waals surface area (Å²) in [4.78, 5) is 4.40. The number of hydrogen-bond acceptors (Lipinski definition) is 5. The number of aromatic nitrogens is 2. The molecule has 0 unspecified atom stereocenters. The van der Waals surface area contributed by atoms with Gasteiger partial charge in [0, 0.05) is 16.3 Å². The van der Waals surface area contributed by atoms with Gasteiger partial charge in [0.05, 0.1) is 13.2 Å². The van der Waals surface area contributed by atoms with E-state index in [1.54, 1.807) is 0 Å². The van der Waals surface area contributed by atoms with Crippen molar-refractivity contribution < 1.29 is 9.26 Å². The maximum Gasteiger partial charge on any atom is 0.246 e. The van der Waals surface area contributed by atoms with Crippen molar-refractivity contribution in [1.29, 1.82) is 0 Å². The van der Waals surface area contributed by atoms with Gasteiger partial charge in [-0.2, -0.15) is 4.98 Å². The Bertz CT molecular complexity index is 815. The van der Waals surface area contributed by atoms with Crippen molar-refractivity contribution in [2.75, 3.05) is 11.9 Å². The largest absolute Gasteiger partial charge is 0.494 e. The molecule has 3 rings (SSSR count). The Balaban J connectivity index is 1.65. The fraction of sp³-hybridized carbons (Fsp3) is 0.222. The molecule has 0 fully saturated rings. The van der Waals surface area contributed by atoms with Crippen molar-refractivity contribution in [1.82, 2.24) is 10.1 Å². The van der Waals surface area contributed by atoms with E-state index in [4.69, 9.17) is 20.9 Å². The molecule has 0 aliphatic carbocycles. The van der Waals surface area contributed by atoms with Gasteiger partial charge in [-0.15, -0.1) is 0 Å². The van der Waals surface area contributed by atoms with Gasteiger partial charge >= 0.3 is 0 Å². The quantitative estimate of drug-likeness (QED) is 0.702. The van der Waals surface area contributed by atoms with Crippen molar-refractivity contribution in [2.24, 2.45) is 0 Å². The van der Waals surface area contributed by atoms with Crippen molar-refractivity contribution >= 4 is 17.3 Å². The molecule has 24 heavy (non-hydrogen) atoms. The van der Waals surface area contributed by atoms with Gasteiger partial charge in [0.15, 0.2) is 0 Å². The maximum atomic E-state index is 6.11. The number of nitrogens with one attached hydrogen (secondary N) is 1. The summed E-state index contributed by atoms with van der Waals surface area (Å²) < 4.78 is 10.7. The topological polar surface area (TPSA) is 60.2 Å². The molecule has 0 amide bonds. The molecule has 0 spiro atoms. The molecular formula is C18H18ClN3O2. The summed E-state index contributed by atoms with van der Waals surface area (Å²) in [5.74, 6) is 1.88. The minimum Gasteiger partial charge on any atom is -0.494 e. The molecule has 1 N–H and O–H groups in total. The minimum atomic E-state index is 0.434. The zero-order valence-corrected chi connectivity index (χ0v) is 14.3.